The summed E-state index contributed by atoms with van der Waals surface area (Å²) in [6.07, 6.45) is 0.740. The van der Waals surface area contributed by atoms with Crippen molar-refractivity contribution < 1.29 is 4.79 Å². The number of nitrogens with two attached hydrogens (primary N) is 1. The van der Waals surface area contributed by atoms with Crippen molar-refractivity contribution in [3.63, 3.8) is 0 Å². The topological polar surface area (TPSA) is 46.3 Å². The number of hydrogen-bond donors (Lipinski definition) is 1. The highest BCUT2D eigenvalue weighted by Crippen LogP contribution is 2.09. The van der Waals surface area contributed by atoms with Gasteiger partial charge in [0.15, 0.2) is 0 Å². The van der Waals surface area contributed by atoms with Gasteiger partial charge in [0.05, 0.1) is 6.04 Å². The molecule has 1 unspecified atom stereocenters. The minimum Gasteiger partial charge on any atom is -0.337 e. The highest BCUT2D eigenvalue weighted by atomic mass is 16.2. The molecule has 1 aromatic rings. The Balaban J connectivity index is 2.63. The number of carbonyl (C=O) groups excluding carboxylic acids is 1. The minimum absolute atomic E-state index is 0.0510. The molecule has 0 saturated carbocycles. The first-order chi connectivity index (χ1) is 8.54. The van der Waals surface area contributed by atoms with Crippen molar-refractivity contribution in [2.75, 3.05) is 6.54 Å². The fourth-order valence-corrected chi connectivity index (χ4v) is 1.99. The Morgan fingerprint density at radius 2 is 1.89 bits per heavy atom. The molecule has 1 amide bonds. The van der Waals surface area contributed by atoms with Gasteiger partial charge in [-0.2, -0.15) is 0 Å². The average Bonchev–Trinajstić information content (AvgIpc) is 2.35. The van der Waals surface area contributed by atoms with Gasteiger partial charge in [-0.1, -0.05) is 44.2 Å². The van der Waals surface area contributed by atoms with Gasteiger partial charge < -0.3 is 10.6 Å². The largest absolute Gasteiger partial charge is 0.337 e. The lowest BCUT2D eigenvalue weighted by Gasteiger charge is -2.25. The summed E-state index contributed by atoms with van der Waals surface area (Å²) in [5.74, 6) is 0.495. The molecule has 1 rings (SSSR count). The molecule has 3 nitrogen and oxygen atoms in total. The molecule has 0 heterocycles. The van der Waals surface area contributed by atoms with Gasteiger partial charge in [0.1, 0.15) is 0 Å². The van der Waals surface area contributed by atoms with Gasteiger partial charge in [-0.3, -0.25) is 4.79 Å². The van der Waals surface area contributed by atoms with Crippen molar-refractivity contribution in [3.05, 3.63) is 35.9 Å². The number of nitrogens with zero attached hydrogens (tertiary/aromatic N) is 1. The average molecular weight is 248 g/mol. The van der Waals surface area contributed by atoms with E-state index in [4.69, 9.17) is 5.73 Å². The van der Waals surface area contributed by atoms with E-state index in [1.165, 1.54) is 0 Å². The second kappa shape index (κ2) is 7.17. The maximum Gasteiger partial charge on any atom is 0.239 e. The molecular weight excluding hydrogens is 224 g/mol. The van der Waals surface area contributed by atoms with Gasteiger partial charge >= 0.3 is 0 Å². The molecule has 0 aromatic heterocycles. The zero-order valence-corrected chi connectivity index (χ0v) is 11.6. The Hall–Kier alpha value is -1.35. The van der Waals surface area contributed by atoms with Gasteiger partial charge in [0.25, 0.3) is 0 Å². The summed E-state index contributed by atoms with van der Waals surface area (Å²) in [6.45, 7) is 7.49. The molecule has 1 aromatic carbocycles. The quantitative estimate of drug-likeness (QED) is 0.840. The predicted octanol–water partition coefficient (Wildman–Crippen LogP) is 2.41. The number of carbonyl (C=O) groups is 1. The Kier molecular flexibility index (Phi) is 5.86. The van der Waals surface area contributed by atoms with Gasteiger partial charge in [-0.05, 0) is 24.8 Å². The number of hydrogen-bond acceptors (Lipinski definition) is 2. The van der Waals surface area contributed by atoms with E-state index in [2.05, 4.69) is 13.8 Å². The van der Waals surface area contributed by atoms with Crippen LogP contribution in [0.5, 0.6) is 0 Å². The zero-order chi connectivity index (χ0) is 13.5. The van der Waals surface area contributed by atoms with E-state index < -0.39 is 0 Å². The second-order valence-electron chi connectivity index (χ2n) is 5.07. The van der Waals surface area contributed by atoms with Crippen LogP contribution in [0.25, 0.3) is 0 Å². The molecule has 1 atom stereocenters. The lowest BCUT2D eigenvalue weighted by Crippen LogP contribution is -2.43. The van der Waals surface area contributed by atoms with Crippen molar-refractivity contribution in [2.24, 2.45) is 11.7 Å². The summed E-state index contributed by atoms with van der Waals surface area (Å²) in [5.41, 5.74) is 7.10. The molecule has 0 bridgehead atoms. The standard InChI is InChI=1S/C15H24N2O/c1-4-17(11-13-8-6-5-7-9-13)15(18)14(16)10-12(2)3/h5-9,12,14H,4,10-11,16H2,1-3H3. The van der Waals surface area contributed by atoms with Crippen LogP contribution in [-0.4, -0.2) is 23.4 Å². The van der Waals surface area contributed by atoms with Gasteiger partial charge in [-0.25, -0.2) is 0 Å². The van der Waals surface area contributed by atoms with Crippen LogP contribution in [0.15, 0.2) is 30.3 Å². The normalized spacial score (nSPS) is 12.5. The van der Waals surface area contributed by atoms with Crippen molar-refractivity contribution >= 4 is 5.91 Å². The van der Waals surface area contributed by atoms with Crippen LogP contribution in [0.3, 0.4) is 0 Å². The summed E-state index contributed by atoms with van der Waals surface area (Å²) in [4.78, 5) is 14.0. The van der Waals surface area contributed by atoms with Crippen LogP contribution in [0.4, 0.5) is 0 Å². The smallest absolute Gasteiger partial charge is 0.239 e. The molecule has 0 saturated heterocycles. The predicted molar refractivity (Wildman–Crippen MR) is 75.0 cm³/mol. The van der Waals surface area contributed by atoms with Crippen molar-refractivity contribution in [1.29, 1.82) is 0 Å². The molecule has 0 aliphatic carbocycles. The number of rotatable bonds is 6. The molecule has 2 N–H and O–H groups in total. The summed E-state index contributed by atoms with van der Waals surface area (Å²) in [5, 5.41) is 0. The Bertz CT molecular complexity index is 362. The maximum atomic E-state index is 12.2. The van der Waals surface area contributed by atoms with Crippen molar-refractivity contribution in [1.82, 2.24) is 4.90 Å². The van der Waals surface area contributed by atoms with Gasteiger partial charge in [0, 0.05) is 13.1 Å². The first-order valence-corrected chi connectivity index (χ1v) is 6.62. The zero-order valence-electron chi connectivity index (χ0n) is 11.6. The third-order valence-electron chi connectivity index (χ3n) is 2.95. The third-order valence-corrected chi connectivity index (χ3v) is 2.95. The molecule has 0 spiro atoms. The van der Waals surface area contributed by atoms with E-state index in [-0.39, 0.29) is 11.9 Å². The first-order valence-electron chi connectivity index (χ1n) is 6.62. The van der Waals surface area contributed by atoms with Crippen LogP contribution in [-0.2, 0) is 11.3 Å². The highest BCUT2D eigenvalue weighted by Gasteiger charge is 2.20. The highest BCUT2D eigenvalue weighted by molar-refractivity contribution is 5.81. The SMILES string of the molecule is CCN(Cc1ccccc1)C(=O)C(N)CC(C)C. The monoisotopic (exact) mass is 248 g/mol. The number of amides is 1. The molecule has 18 heavy (non-hydrogen) atoms. The molecular formula is C15H24N2O. The number of benzene rings is 1. The number of likely N-dealkylation sites (N-methyl/N-ethyl adjacent to an activating group) is 1. The van der Waals surface area contributed by atoms with E-state index >= 15 is 0 Å². The Morgan fingerprint density at radius 3 is 2.39 bits per heavy atom. The van der Waals surface area contributed by atoms with E-state index in [0.29, 0.717) is 19.0 Å². The second-order valence-corrected chi connectivity index (χ2v) is 5.07. The van der Waals surface area contributed by atoms with Gasteiger partial charge in [-0.15, -0.1) is 0 Å². The molecule has 0 radical (unpaired) electrons. The van der Waals surface area contributed by atoms with Crippen molar-refractivity contribution in [2.45, 2.75) is 39.8 Å². The fourth-order valence-electron chi connectivity index (χ4n) is 1.99. The van der Waals surface area contributed by atoms with E-state index in [1.54, 1.807) is 0 Å². The maximum absolute atomic E-state index is 12.2. The molecule has 0 aliphatic rings. The fraction of sp³-hybridized carbons (Fsp3) is 0.533. The van der Waals surface area contributed by atoms with Gasteiger partial charge in [0.2, 0.25) is 5.91 Å². The molecule has 0 fully saturated rings. The van der Waals surface area contributed by atoms with E-state index in [9.17, 15) is 4.79 Å². The Morgan fingerprint density at radius 1 is 1.28 bits per heavy atom. The molecule has 3 heteroatoms. The van der Waals surface area contributed by atoms with Crippen LogP contribution in [0.1, 0.15) is 32.8 Å². The van der Waals surface area contributed by atoms with Crippen LogP contribution in [0, 0.1) is 5.92 Å². The van der Waals surface area contributed by atoms with E-state index in [0.717, 1.165) is 12.0 Å². The first kappa shape index (κ1) is 14.7. The third kappa shape index (κ3) is 4.49. The van der Waals surface area contributed by atoms with Crippen molar-refractivity contribution in [3.8, 4) is 0 Å². The summed E-state index contributed by atoms with van der Waals surface area (Å²) in [6, 6.07) is 9.64. The molecule has 100 valence electrons. The van der Waals surface area contributed by atoms with Crippen LogP contribution < -0.4 is 5.73 Å². The summed E-state index contributed by atoms with van der Waals surface area (Å²) in [7, 11) is 0. The van der Waals surface area contributed by atoms with Crippen LogP contribution in [0.2, 0.25) is 0 Å². The lowest BCUT2D eigenvalue weighted by atomic mass is 10.0. The molecule has 0 aliphatic heterocycles. The minimum atomic E-state index is -0.381. The van der Waals surface area contributed by atoms with E-state index in [1.807, 2.05) is 42.2 Å². The summed E-state index contributed by atoms with van der Waals surface area (Å²) < 4.78 is 0. The summed E-state index contributed by atoms with van der Waals surface area (Å²) >= 11 is 0. The Labute approximate surface area is 110 Å². The lowest BCUT2D eigenvalue weighted by molar-refractivity contribution is -0.133. The van der Waals surface area contributed by atoms with Crippen LogP contribution >= 0.6 is 0 Å².